The lowest BCUT2D eigenvalue weighted by Gasteiger charge is -2.44. The average Bonchev–Trinajstić information content (AvgIpc) is 2.86. The van der Waals surface area contributed by atoms with Gasteiger partial charge < -0.3 is 15.3 Å². The lowest BCUT2D eigenvalue weighted by Crippen LogP contribution is -2.35. The van der Waals surface area contributed by atoms with Crippen LogP contribution in [0.3, 0.4) is 0 Å². The minimum atomic E-state index is -0.154. The maximum absolute atomic E-state index is 10.6. The molecule has 4 rings (SSSR count). The van der Waals surface area contributed by atoms with Crippen LogP contribution >= 0.6 is 0 Å². The van der Waals surface area contributed by atoms with E-state index in [9.17, 15) is 15.3 Å². The van der Waals surface area contributed by atoms with Crippen LogP contribution in [0.1, 0.15) is 112 Å². The molecule has 3 nitrogen and oxygen atoms in total. The van der Waals surface area contributed by atoms with Crippen LogP contribution in [-0.2, 0) is 5.41 Å². The maximum Gasteiger partial charge on any atom is 0.119 e. The molecule has 1 aliphatic rings. The molecular formula is C33H42O3. The van der Waals surface area contributed by atoms with Crippen molar-refractivity contribution < 1.29 is 15.3 Å². The molecule has 1 atom stereocenters. The number of phenolic OH excluding ortho intramolecular Hbond substituents is 3. The summed E-state index contributed by atoms with van der Waals surface area (Å²) in [7, 11) is 0. The molecule has 3 aromatic rings. The van der Waals surface area contributed by atoms with Crippen LogP contribution in [0.25, 0.3) is 0 Å². The van der Waals surface area contributed by atoms with Crippen LogP contribution in [0.5, 0.6) is 17.2 Å². The molecule has 36 heavy (non-hydrogen) atoms. The van der Waals surface area contributed by atoms with Gasteiger partial charge in [0.15, 0.2) is 0 Å². The Morgan fingerprint density at radius 3 is 1.61 bits per heavy atom. The highest BCUT2D eigenvalue weighted by molar-refractivity contribution is 5.49. The largest absolute Gasteiger partial charge is 0.508 e. The molecule has 1 aliphatic carbocycles. The van der Waals surface area contributed by atoms with Gasteiger partial charge in [-0.2, -0.15) is 0 Å². The van der Waals surface area contributed by atoms with Gasteiger partial charge in [0.05, 0.1) is 0 Å². The standard InChI is InChI=1S/C33H42O3/c1-6-28(23-7-11-27(34)12-8-23)24-15-17-33(18-16-24,25-9-13-31(35)29(19-25)21(2)3)26-10-14-32(36)30(20-26)22(4)5/h7-14,19-22,24,28,34-36H,6,15-18H2,1-5H3. The van der Waals surface area contributed by atoms with Crippen LogP contribution in [0, 0.1) is 5.92 Å². The zero-order valence-electron chi connectivity index (χ0n) is 22.5. The van der Waals surface area contributed by atoms with E-state index in [1.165, 1.54) is 16.7 Å². The molecule has 0 saturated heterocycles. The molecule has 1 fully saturated rings. The first-order chi connectivity index (χ1) is 17.2. The Hall–Kier alpha value is -2.94. The number of rotatable bonds is 7. The van der Waals surface area contributed by atoms with Gasteiger partial charge in [-0.1, -0.05) is 71.0 Å². The summed E-state index contributed by atoms with van der Waals surface area (Å²) < 4.78 is 0. The van der Waals surface area contributed by atoms with Gasteiger partial charge in [-0.15, -0.1) is 0 Å². The van der Waals surface area contributed by atoms with Gasteiger partial charge >= 0.3 is 0 Å². The molecule has 1 saturated carbocycles. The van der Waals surface area contributed by atoms with Crippen molar-refractivity contribution in [2.75, 3.05) is 0 Å². The second-order valence-electron chi connectivity index (χ2n) is 11.4. The maximum atomic E-state index is 10.6. The summed E-state index contributed by atoms with van der Waals surface area (Å²) >= 11 is 0. The lowest BCUT2D eigenvalue weighted by molar-refractivity contribution is 0.231. The highest BCUT2D eigenvalue weighted by Crippen LogP contribution is 2.51. The number of aromatic hydroxyl groups is 3. The van der Waals surface area contributed by atoms with E-state index in [0.717, 1.165) is 43.2 Å². The van der Waals surface area contributed by atoms with E-state index in [-0.39, 0.29) is 17.3 Å². The average molecular weight is 487 g/mol. The summed E-state index contributed by atoms with van der Waals surface area (Å²) in [6.45, 7) is 10.8. The van der Waals surface area contributed by atoms with Crippen molar-refractivity contribution in [3.05, 3.63) is 88.5 Å². The second kappa shape index (κ2) is 10.6. The normalized spacial score (nSPS) is 17.0. The predicted octanol–water partition coefficient (Wildman–Crippen LogP) is 8.72. The third-order valence-corrected chi connectivity index (χ3v) is 8.62. The third kappa shape index (κ3) is 4.98. The molecule has 0 aromatic heterocycles. The van der Waals surface area contributed by atoms with Crippen molar-refractivity contribution in [3.63, 3.8) is 0 Å². The van der Waals surface area contributed by atoms with Gasteiger partial charge in [-0.25, -0.2) is 0 Å². The highest BCUT2D eigenvalue weighted by Gasteiger charge is 2.41. The van der Waals surface area contributed by atoms with E-state index in [1.807, 2.05) is 12.1 Å². The molecule has 3 heteroatoms. The number of phenols is 3. The van der Waals surface area contributed by atoms with Gasteiger partial charge in [-0.05, 0) is 108 Å². The van der Waals surface area contributed by atoms with Gasteiger partial charge in [0.1, 0.15) is 17.2 Å². The summed E-state index contributed by atoms with van der Waals surface area (Å²) in [5.41, 5.74) is 5.67. The van der Waals surface area contributed by atoms with Gasteiger partial charge in [-0.3, -0.25) is 0 Å². The zero-order chi connectivity index (χ0) is 26.0. The Bertz CT molecular complexity index is 1110. The van der Waals surface area contributed by atoms with Crippen molar-refractivity contribution in [1.29, 1.82) is 0 Å². The van der Waals surface area contributed by atoms with Crippen molar-refractivity contribution in [1.82, 2.24) is 0 Å². The Morgan fingerprint density at radius 2 is 1.19 bits per heavy atom. The first kappa shape index (κ1) is 26.1. The zero-order valence-corrected chi connectivity index (χ0v) is 22.5. The SMILES string of the molecule is CCC(c1ccc(O)cc1)C1CCC(c2ccc(O)c(C(C)C)c2)(c2ccc(O)c(C(C)C)c2)CC1. The van der Waals surface area contributed by atoms with E-state index in [4.69, 9.17) is 0 Å². The topological polar surface area (TPSA) is 60.7 Å². The van der Waals surface area contributed by atoms with Crippen molar-refractivity contribution >= 4 is 0 Å². The van der Waals surface area contributed by atoms with E-state index < -0.39 is 0 Å². The molecule has 0 bridgehead atoms. The van der Waals surface area contributed by atoms with Gasteiger partial charge in [0.25, 0.3) is 0 Å². The molecule has 0 radical (unpaired) electrons. The molecule has 3 aromatic carbocycles. The highest BCUT2D eigenvalue weighted by atomic mass is 16.3. The van der Waals surface area contributed by atoms with Crippen LogP contribution in [0.15, 0.2) is 60.7 Å². The second-order valence-corrected chi connectivity index (χ2v) is 11.4. The molecule has 3 N–H and O–H groups in total. The molecule has 0 amide bonds. The molecule has 192 valence electrons. The summed E-state index contributed by atoms with van der Waals surface area (Å²) in [5.74, 6) is 2.58. The summed E-state index contributed by atoms with van der Waals surface area (Å²) in [4.78, 5) is 0. The van der Waals surface area contributed by atoms with Gasteiger partial charge in [0.2, 0.25) is 0 Å². The van der Waals surface area contributed by atoms with Crippen molar-refractivity contribution in [2.24, 2.45) is 5.92 Å². The fourth-order valence-corrected chi connectivity index (χ4v) is 6.47. The van der Waals surface area contributed by atoms with Crippen molar-refractivity contribution in [3.8, 4) is 17.2 Å². The number of hydrogen-bond acceptors (Lipinski definition) is 3. The number of benzene rings is 3. The van der Waals surface area contributed by atoms with E-state index >= 15 is 0 Å². The van der Waals surface area contributed by atoms with Crippen LogP contribution < -0.4 is 0 Å². The summed E-state index contributed by atoms with van der Waals surface area (Å²) in [5, 5.41) is 30.9. The molecule has 0 heterocycles. The lowest BCUT2D eigenvalue weighted by atomic mass is 9.60. The minimum absolute atomic E-state index is 0.154. The fourth-order valence-electron chi connectivity index (χ4n) is 6.47. The first-order valence-electron chi connectivity index (χ1n) is 13.6. The van der Waals surface area contributed by atoms with E-state index in [0.29, 0.717) is 29.1 Å². The Morgan fingerprint density at radius 1 is 0.722 bits per heavy atom. The Labute approximate surface area is 216 Å². The molecule has 0 spiro atoms. The predicted molar refractivity (Wildman–Crippen MR) is 148 cm³/mol. The first-order valence-corrected chi connectivity index (χ1v) is 13.6. The smallest absolute Gasteiger partial charge is 0.119 e. The van der Waals surface area contributed by atoms with E-state index in [1.54, 1.807) is 12.1 Å². The Balaban J connectivity index is 1.75. The van der Waals surface area contributed by atoms with E-state index in [2.05, 4.69) is 71.0 Å². The third-order valence-electron chi connectivity index (χ3n) is 8.62. The molecule has 0 aliphatic heterocycles. The van der Waals surface area contributed by atoms with Crippen LogP contribution in [0.2, 0.25) is 0 Å². The Kier molecular flexibility index (Phi) is 7.68. The van der Waals surface area contributed by atoms with Crippen LogP contribution in [-0.4, -0.2) is 15.3 Å². The summed E-state index contributed by atoms with van der Waals surface area (Å²) in [6, 6.07) is 20.2. The molecular weight excluding hydrogens is 444 g/mol. The number of hydrogen-bond donors (Lipinski definition) is 3. The van der Waals surface area contributed by atoms with Gasteiger partial charge in [0, 0.05) is 5.41 Å². The quantitative estimate of drug-likeness (QED) is 0.313. The monoisotopic (exact) mass is 486 g/mol. The minimum Gasteiger partial charge on any atom is -0.508 e. The summed E-state index contributed by atoms with van der Waals surface area (Å²) in [6.07, 6.45) is 5.34. The van der Waals surface area contributed by atoms with Crippen molar-refractivity contribution in [2.45, 2.75) is 89.9 Å². The molecule has 1 unspecified atom stereocenters. The van der Waals surface area contributed by atoms with Crippen LogP contribution in [0.4, 0.5) is 0 Å². The fraction of sp³-hybridized carbons (Fsp3) is 0.455.